The fraction of sp³-hybridized carbons (Fsp3) is 0.526. The first-order valence-corrected chi connectivity index (χ1v) is 10.7. The van der Waals surface area contributed by atoms with E-state index >= 15 is 0 Å². The first kappa shape index (κ1) is 22.6. The lowest BCUT2D eigenvalue weighted by atomic mass is 9.81. The number of hydrogen-bond acceptors (Lipinski definition) is 7. The molecule has 0 bridgehead atoms. The summed E-state index contributed by atoms with van der Waals surface area (Å²) in [4.78, 5) is 26.0. The molecule has 0 heterocycles. The third-order valence-corrected chi connectivity index (χ3v) is 6.62. The SMILES string of the molecule is CNS(=O)(=O)c1cc(C(=O)OCC(=O)N(C)C2(C#N)CCCCC2)ccc1OC. The Hall–Kier alpha value is -2.64. The van der Waals surface area contributed by atoms with Crippen molar-refractivity contribution in [3.05, 3.63) is 23.8 Å². The van der Waals surface area contributed by atoms with Crippen LogP contribution in [0.15, 0.2) is 23.1 Å². The highest BCUT2D eigenvalue weighted by Crippen LogP contribution is 2.32. The van der Waals surface area contributed by atoms with Crippen molar-refractivity contribution in [2.45, 2.75) is 42.5 Å². The maximum atomic E-state index is 12.5. The average molecular weight is 423 g/mol. The van der Waals surface area contributed by atoms with E-state index in [0.717, 1.165) is 25.3 Å². The second-order valence-corrected chi connectivity index (χ2v) is 8.66. The van der Waals surface area contributed by atoms with Gasteiger partial charge in [-0.25, -0.2) is 17.9 Å². The number of nitrogens with zero attached hydrogens (tertiary/aromatic N) is 2. The van der Waals surface area contributed by atoms with Gasteiger partial charge < -0.3 is 14.4 Å². The predicted molar refractivity (Wildman–Crippen MR) is 104 cm³/mol. The van der Waals surface area contributed by atoms with Gasteiger partial charge in [0.1, 0.15) is 16.2 Å². The smallest absolute Gasteiger partial charge is 0.338 e. The minimum absolute atomic E-state index is 0.0391. The minimum atomic E-state index is -3.86. The van der Waals surface area contributed by atoms with Crippen LogP contribution in [0.1, 0.15) is 42.5 Å². The van der Waals surface area contributed by atoms with Gasteiger partial charge in [-0.1, -0.05) is 19.3 Å². The van der Waals surface area contributed by atoms with Crippen molar-refractivity contribution in [3.63, 3.8) is 0 Å². The third kappa shape index (κ3) is 4.86. The lowest BCUT2D eigenvalue weighted by Crippen LogP contribution is -2.51. The van der Waals surface area contributed by atoms with Crippen LogP contribution in [0.3, 0.4) is 0 Å². The van der Waals surface area contributed by atoms with Crippen LogP contribution in [0, 0.1) is 11.3 Å². The van der Waals surface area contributed by atoms with Gasteiger partial charge in [0.05, 0.1) is 18.7 Å². The van der Waals surface area contributed by atoms with E-state index in [4.69, 9.17) is 9.47 Å². The summed E-state index contributed by atoms with van der Waals surface area (Å²) in [5.41, 5.74) is -0.918. The molecule has 0 atom stereocenters. The number of carbonyl (C=O) groups is 2. The maximum Gasteiger partial charge on any atom is 0.338 e. The number of ether oxygens (including phenoxy) is 2. The molecule has 1 aromatic rings. The number of esters is 1. The Morgan fingerprint density at radius 3 is 2.48 bits per heavy atom. The number of hydrogen-bond donors (Lipinski definition) is 1. The Kier molecular flexibility index (Phi) is 7.21. The second kappa shape index (κ2) is 9.24. The van der Waals surface area contributed by atoms with Gasteiger partial charge in [0.25, 0.3) is 5.91 Å². The highest BCUT2D eigenvalue weighted by Gasteiger charge is 2.39. The maximum absolute atomic E-state index is 12.5. The number of methoxy groups -OCH3 is 1. The molecule has 0 aliphatic heterocycles. The summed E-state index contributed by atoms with van der Waals surface area (Å²) in [6.07, 6.45) is 3.92. The molecule has 29 heavy (non-hydrogen) atoms. The highest BCUT2D eigenvalue weighted by molar-refractivity contribution is 7.89. The van der Waals surface area contributed by atoms with Gasteiger partial charge in [-0.15, -0.1) is 0 Å². The normalized spacial score (nSPS) is 15.8. The molecular weight excluding hydrogens is 398 g/mol. The highest BCUT2D eigenvalue weighted by atomic mass is 32.2. The fourth-order valence-electron chi connectivity index (χ4n) is 3.33. The van der Waals surface area contributed by atoms with Crippen molar-refractivity contribution in [2.24, 2.45) is 0 Å². The lowest BCUT2D eigenvalue weighted by Gasteiger charge is -2.38. The molecule has 1 fully saturated rings. The molecular formula is C19H25N3O6S. The van der Waals surface area contributed by atoms with E-state index in [2.05, 4.69) is 10.8 Å². The summed E-state index contributed by atoms with van der Waals surface area (Å²) in [5, 5.41) is 9.57. The number of amides is 1. The van der Waals surface area contributed by atoms with Crippen LogP contribution >= 0.6 is 0 Å². The molecule has 1 amide bonds. The monoisotopic (exact) mass is 423 g/mol. The van der Waals surface area contributed by atoms with E-state index in [1.807, 2.05) is 0 Å². The molecule has 158 valence electrons. The quantitative estimate of drug-likeness (QED) is 0.658. The summed E-state index contributed by atoms with van der Waals surface area (Å²) in [5.74, 6) is -1.27. The summed E-state index contributed by atoms with van der Waals surface area (Å²) in [6.45, 7) is -0.543. The fourth-order valence-corrected chi connectivity index (χ4v) is 4.25. The molecule has 0 aromatic heterocycles. The van der Waals surface area contributed by atoms with E-state index in [1.54, 1.807) is 0 Å². The van der Waals surface area contributed by atoms with Crippen LogP contribution in [-0.4, -0.2) is 58.5 Å². The van der Waals surface area contributed by atoms with Crippen molar-refractivity contribution in [1.82, 2.24) is 9.62 Å². The number of rotatable bonds is 7. The minimum Gasteiger partial charge on any atom is -0.495 e. The van der Waals surface area contributed by atoms with Crippen molar-refractivity contribution in [2.75, 3.05) is 27.8 Å². The van der Waals surface area contributed by atoms with Crippen LogP contribution < -0.4 is 9.46 Å². The molecule has 1 N–H and O–H groups in total. The average Bonchev–Trinajstić information content (AvgIpc) is 2.76. The largest absolute Gasteiger partial charge is 0.495 e. The number of carbonyl (C=O) groups excluding carboxylic acids is 2. The van der Waals surface area contributed by atoms with E-state index in [1.165, 1.54) is 38.2 Å². The van der Waals surface area contributed by atoms with Gasteiger partial charge in [0.2, 0.25) is 10.0 Å². The molecule has 1 aliphatic carbocycles. The number of likely N-dealkylation sites (N-methyl/N-ethyl adjacent to an activating group) is 1. The summed E-state index contributed by atoms with van der Waals surface area (Å²) in [7, 11) is 0.229. The van der Waals surface area contributed by atoms with Crippen molar-refractivity contribution in [3.8, 4) is 11.8 Å². The van der Waals surface area contributed by atoms with Gasteiger partial charge in [0, 0.05) is 7.05 Å². The molecule has 0 radical (unpaired) electrons. The standard InChI is InChI=1S/C19H25N3O6S/c1-21-29(25,26)16-11-14(7-8-15(16)27-3)18(24)28-12-17(23)22(2)19(13-20)9-5-4-6-10-19/h7-8,11,21H,4-6,9-10,12H2,1-3H3. The van der Waals surface area contributed by atoms with Crippen molar-refractivity contribution >= 4 is 21.9 Å². The molecule has 1 aromatic carbocycles. The zero-order chi connectivity index (χ0) is 21.7. The van der Waals surface area contributed by atoms with Crippen molar-refractivity contribution in [1.29, 1.82) is 5.26 Å². The number of benzene rings is 1. The Morgan fingerprint density at radius 1 is 1.28 bits per heavy atom. The van der Waals surface area contributed by atoms with Gasteiger partial charge in [-0.2, -0.15) is 5.26 Å². The Morgan fingerprint density at radius 2 is 1.93 bits per heavy atom. The second-order valence-electron chi connectivity index (χ2n) is 6.81. The van der Waals surface area contributed by atoms with Crippen LogP contribution in [0.4, 0.5) is 0 Å². The zero-order valence-corrected chi connectivity index (χ0v) is 17.5. The first-order chi connectivity index (χ1) is 13.7. The van der Waals surface area contributed by atoms with E-state index in [9.17, 15) is 23.3 Å². The molecule has 0 spiro atoms. The molecule has 9 nitrogen and oxygen atoms in total. The Bertz CT molecular complexity index is 916. The lowest BCUT2D eigenvalue weighted by molar-refractivity contribution is -0.138. The first-order valence-electron chi connectivity index (χ1n) is 9.17. The van der Waals surface area contributed by atoms with E-state index in [0.29, 0.717) is 12.8 Å². The van der Waals surface area contributed by atoms with Gasteiger partial charge in [-0.3, -0.25) is 4.79 Å². The van der Waals surface area contributed by atoms with Crippen LogP contribution in [0.5, 0.6) is 5.75 Å². The molecule has 1 aliphatic rings. The number of sulfonamides is 1. The van der Waals surface area contributed by atoms with Gasteiger partial charge in [0.15, 0.2) is 6.61 Å². The van der Waals surface area contributed by atoms with Gasteiger partial charge >= 0.3 is 5.97 Å². The van der Waals surface area contributed by atoms with Crippen LogP contribution in [-0.2, 0) is 19.6 Å². The van der Waals surface area contributed by atoms with E-state index < -0.39 is 34.0 Å². The molecule has 2 rings (SSSR count). The zero-order valence-electron chi connectivity index (χ0n) is 16.7. The Balaban J connectivity index is 2.12. The topological polar surface area (TPSA) is 126 Å². The summed E-state index contributed by atoms with van der Waals surface area (Å²) >= 11 is 0. The van der Waals surface area contributed by atoms with Crippen molar-refractivity contribution < 1.29 is 27.5 Å². The summed E-state index contributed by atoms with van der Waals surface area (Å²) in [6, 6.07) is 6.05. The van der Waals surface area contributed by atoms with Crippen LogP contribution in [0.2, 0.25) is 0 Å². The predicted octanol–water partition coefficient (Wildman–Crippen LogP) is 1.44. The molecule has 0 saturated heterocycles. The van der Waals surface area contributed by atoms with Gasteiger partial charge in [-0.05, 0) is 38.1 Å². The summed E-state index contributed by atoms with van der Waals surface area (Å²) < 4.78 is 36.5. The molecule has 1 saturated carbocycles. The van der Waals surface area contributed by atoms with E-state index in [-0.39, 0.29) is 16.2 Å². The molecule has 0 unspecified atom stereocenters. The van der Waals surface area contributed by atoms with Crippen LogP contribution in [0.25, 0.3) is 0 Å². The Labute approximate surface area is 170 Å². The number of nitriles is 1. The molecule has 10 heteroatoms. The number of nitrogens with one attached hydrogen (secondary N) is 1. The third-order valence-electron chi connectivity index (χ3n) is 5.19.